The molecule has 1 saturated heterocycles. The second-order valence-corrected chi connectivity index (χ2v) is 7.73. The summed E-state index contributed by atoms with van der Waals surface area (Å²) in [6.45, 7) is 5.35. The molecule has 0 saturated carbocycles. The van der Waals surface area contributed by atoms with Crippen LogP contribution < -0.4 is 5.73 Å². The van der Waals surface area contributed by atoms with Crippen LogP contribution in [0, 0.1) is 11.2 Å². The van der Waals surface area contributed by atoms with Crippen molar-refractivity contribution in [2.75, 3.05) is 18.8 Å². The number of benzene rings is 1. The molecule has 0 radical (unpaired) electrons. The quantitative estimate of drug-likeness (QED) is 0.869. The molecule has 1 fully saturated rings. The molecule has 1 aliphatic rings. The Bertz CT molecular complexity index is 602. The van der Waals surface area contributed by atoms with Crippen molar-refractivity contribution in [2.45, 2.75) is 44.4 Å². The zero-order chi connectivity index (χ0) is 15.7. The summed E-state index contributed by atoms with van der Waals surface area (Å²) < 4.78 is 39.9. The minimum atomic E-state index is -3.58. The smallest absolute Gasteiger partial charge is 0.243 e. The minimum absolute atomic E-state index is 0.0712. The predicted octanol–water partition coefficient (Wildman–Crippen LogP) is 3.00. The summed E-state index contributed by atoms with van der Waals surface area (Å²) in [6, 6.07) is 3.59. The highest BCUT2D eigenvalue weighted by atomic mass is 32.2. The van der Waals surface area contributed by atoms with Crippen LogP contribution >= 0.6 is 0 Å². The molecule has 0 unspecified atom stereocenters. The topological polar surface area (TPSA) is 63.4 Å². The van der Waals surface area contributed by atoms with Crippen LogP contribution in [0.15, 0.2) is 23.1 Å². The predicted molar refractivity (Wildman–Crippen MR) is 81.8 cm³/mol. The average Bonchev–Trinajstić information content (AvgIpc) is 2.50. The third-order valence-corrected chi connectivity index (χ3v) is 6.78. The van der Waals surface area contributed by atoms with Gasteiger partial charge in [-0.05, 0) is 36.5 Å². The average molecular weight is 314 g/mol. The van der Waals surface area contributed by atoms with Crippen LogP contribution in [0.1, 0.15) is 39.5 Å². The SMILES string of the molecule is CCC1(CC)CCN(S(=O)(=O)c2ccc(F)c(N)c2)CC1. The third kappa shape index (κ3) is 3.06. The summed E-state index contributed by atoms with van der Waals surface area (Å²) in [5.41, 5.74) is 5.60. The molecule has 21 heavy (non-hydrogen) atoms. The number of piperidine rings is 1. The first-order chi connectivity index (χ1) is 9.84. The Hall–Kier alpha value is -1.14. The molecule has 1 aromatic carbocycles. The summed E-state index contributed by atoms with van der Waals surface area (Å²) >= 11 is 0. The molecule has 0 amide bonds. The van der Waals surface area contributed by atoms with E-state index in [0.29, 0.717) is 13.1 Å². The molecule has 0 bridgehead atoms. The van der Waals surface area contributed by atoms with Gasteiger partial charge >= 0.3 is 0 Å². The van der Waals surface area contributed by atoms with Gasteiger partial charge in [-0.3, -0.25) is 0 Å². The normalized spacial score (nSPS) is 19.6. The fourth-order valence-corrected chi connectivity index (χ4v) is 4.47. The van der Waals surface area contributed by atoms with Crippen LogP contribution in [0.3, 0.4) is 0 Å². The van der Waals surface area contributed by atoms with Crippen molar-refractivity contribution in [2.24, 2.45) is 5.41 Å². The van der Waals surface area contributed by atoms with Gasteiger partial charge in [0.2, 0.25) is 10.0 Å². The van der Waals surface area contributed by atoms with Gasteiger partial charge in [-0.1, -0.05) is 26.7 Å². The number of anilines is 1. The van der Waals surface area contributed by atoms with Gasteiger partial charge in [0.1, 0.15) is 5.82 Å². The lowest BCUT2D eigenvalue weighted by atomic mass is 9.75. The number of halogens is 1. The maximum atomic E-state index is 13.2. The van der Waals surface area contributed by atoms with Gasteiger partial charge in [-0.2, -0.15) is 4.31 Å². The molecular formula is C15H23FN2O2S. The number of nitrogens with zero attached hydrogens (tertiary/aromatic N) is 1. The zero-order valence-corrected chi connectivity index (χ0v) is 13.4. The highest BCUT2D eigenvalue weighted by Crippen LogP contribution is 2.39. The number of rotatable bonds is 4. The molecule has 1 aliphatic heterocycles. The number of sulfonamides is 1. The van der Waals surface area contributed by atoms with Gasteiger partial charge < -0.3 is 5.73 Å². The van der Waals surface area contributed by atoms with E-state index >= 15 is 0 Å². The van der Waals surface area contributed by atoms with Crippen molar-refractivity contribution < 1.29 is 12.8 Å². The van der Waals surface area contributed by atoms with E-state index in [-0.39, 0.29) is 16.0 Å². The van der Waals surface area contributed by atoms with E-state index in [1.54, 1.807) is 0 Å². The van der Waals surface area contributed by atoms with E-state index < -0.39 is 15.8 Å². The van der Waals surface area contributed by atoms with Crippen molar-refractivity contribution in [3.8, 4) is 0 Å². The molecule has 1 heterocycles. The first-order valence-electron chi connectivity index (χ1n) is 7.40. The van der Waals surface area contributed by atoms with Crippen LogP contribution in [0.25, 0.3) is 0 Å². The lowest BCUT2D eigenvalue weighted by Gasteiger charge is -2.40. The summed E-state index contributed by atoms with van der Waals surface area (Å²) in [6.07, 6.45) is 3.88. The summed E-state index contributed by atoms with van der Waals surface area (Å²) in [4.78, 5) is 0.0712. The maximum absolute atomic E-state index is 13.2. The molecule has 2 rings (SSSR count). The van der Waals surface area contributed by atoms with Crippen LogP contribution in [0.2, 0.25) is 0 Å². The Morgan fingerprint density at radius 2 is 1.81 bits per heavy atom. The highest BCUT2D eigenvalue weighted by molar-refractivity contribution is 7.89. The van der Waals surface area contributed by atoms with Crippen LogP contribution in [0.5, 0.6) is 0 Å². The molecule has 0 aliphatic carbocycles. The van der Waals surface area contributed by atoms with E-state index in [4.69, 9.17) is 5.73 Å². The Morgan fingerprint density at radius 3 is 2.29 bits per heavy atom. The monoisotopic (exact) mass is 314 g/mol. The van der Waals surface area contributed by atoms with Crippen LogP contribution in [0.4, 0.5) is 10.1 Å². The molecule has 0 aromatic heterocycles. The van der Waals surface area contributed by atoms with Gasteiger partial charge in [0.15, 0.2) is 0 Å². The van der Waals surface area contributed by atoms with E-state index in [0.717, 1.165) is 31.7 Å². The molecule has 0 atom stereocenters. The number of hydrogen-bond acceptors (Lipinski definition) is 3. The standard InChI is InChI=1S/C15H23FN2O2S/c1-3-15(4-2)7-9-18(10-8-15)21(19,20)12-5-6-13(16)14(17)11-12/h5-6,11H,3-4,7-10,17H2,1-2H3. The van der Waals surface area contributed by atoms with E-state index in [1.807, 2.05) is 0 Å². The van der Waals surface area contributed by atoms with Gasteiger partial charge in [0, 0.05) is 13.1 Å². The first-order valence-corrected chi connectivity index (χ1v) is 8.84. The van der Waals surface area contributed by atoms with Crippen LogP contribution in [-0.2, 0) is 10.0 Å². The Kier molecular flexibility index (Phi) is 4.58. The van der Waals surface area contributed by atoms with Crippen molar-refractivity contribution >= 4 is 15.7 Å². The Labute approximate surface area is 126 Å². The molecule has 4 nitrogen and oxygen atoms in total. The lowest BCUT2D eigenvalue weighted by Crippen LogP contribution is -2.42. The fraction of sp³-hybridized carbons (Fsp3) is 0.600. The van der Waals surface area contributed by atoms with Gasteiger partial charge in [0.25, 0.3) is 0 Å². The van der Waals surface area contributed by atoms with Crippen molar-refractivity contribution in [1.29, 1.82) is 0 Å². The fourth-order valence-electron chi connectivity index (χ4n) is 2.99. The third-order valence-electron chi connectivity index (χ3n) is 4.89. The number of nitrogen functional groups attached to an aromatic ring is 1. The Balaban J connectivity index is 2.20. The minimum Gasteiger partial charge on any atom is -0.396 e. The summed E-state index contributed by atoms with van der Waals surface area (Å²) in [7, 11) is -3.58. The second kappa shape index (κ2) is 5.93. The molecule has 0 spiro atoms. The number of hydrogen-bond donors (Lipinski definition) is 1. The molecule has 6 heteroatoms. The largest absolute Gasteiger partial charge is 0.396 e. The molecule has 1 aromatic rings. The van der Waals surface area contributed by atoms with Gasteiger partial charge in [0.05, 0.1) is 10.6 Å². The molecule has 118 valence electrons. The van der Waals surface area contributed by atoms with Crippen molar-refractivity contribution in [3.05, 3.63) is 24.0 Å². The van der Waals surface area contributed by atoms with E-state index in [1.165, 1.54) is 16.4 Å². The first kappa shape index (κ1) is 16.2. The van der Waals surface area contributed by atoms with Crippen molar-refractivity contribution in [3.63, 3.8) is 0 Å². The van der Waals surface area contributed by atoms with Gasteiger partial charge in [-0.25, -0.2) is 12.8 Å². The zero-order valence-electron chi connectivity index (χ0n) is 12.6. The molecule has 2 N–H and O–H groups in total. The van der Waals surface area contributed by atoms with E-state index in [2.05, 4.69) is 13.8 Å². The van der Waals surface area contributed by atoms with Crippen LogP contribution in [-0.4, -0.2) is 25.8 Å². The lowest BCUT2D eigenvalue weighted by molar-refractivity contribution is 0.141. The molecular weight excluding hydrogens is 291 g/mol. The summed E-state index contributed by atoms with van der Waals surface area (Å²) in [5.74, 6) is -0.594. The summed E-state index contributed by atoms with van der Waals surface area (Å²) in [5, 5.41) is 0. The van der Waals surface area contributed by atoms with Crippen molar-refractivity contribution in [1.82, 2.24) is 4.31 Å². The number of nitrogens with two attached hydrogens (primary N) is 1. The van der Waals surface area contributed by atoms with Gasteiger partial charge in [-0.15, -0.1) is 0 Å². The maximum Gasteiger partial charge on any atom is 0.243 e. The van der Waals surface area contributed by atoms with E-state index in [9.17, 15) is 12.8 Å². The Morgan fingerprint density at radius 1 is 1.24 bits per heavy atom. The second-order valence-electron chi connectivity index (χ2n) is 5.79. The highest BCUT2D eigenvalue weighted by Gasteiger charge is 2.36.